The molecule has 0 saturated heterocycles. The maximum atomic E-state index is 12.1. The zero-order chi connectivity index (χ0) is 18.2. The number of rotatable bonds is 8. The van der Waals surface area contributed by atoms with Gasteiger partial charge in [-0.3, -0.25) is 4.79 Å². The number of ether oxygens (including phenoxy) is 3. The third-order valence-electron chi connectivity index (χ3n) is 3.67. The van der Waals surface area contributed by atoms with Crippen molar-refractivity contribution in [3.05, 3.63) is 53.1 Å². The van der Waals surface area contributed by atoms with Gasteiger partial charge in [0.25, 0.3) is 0 Å². The van der Waals surface area contributed by atoms with Crippen molar-refractivity contribution in [3.63, 3.8) is 0 Å². The Hall–Kier alpha value is -2.40. The first kappa shape index (κ1) is 18.9. The predicted molar refractivity (Wildman–Crippen MR) is 97.7 cm³/mol. The Kier molecular flexibility index (Phi) is 6.95. The van der Waals surface area contributed by atoms with Gasteiger partial charge in [0.1, 0.15) is 17.2 Å². The topological polar surface area (TPSA) is 56.8 Å². The van der Waals surface area contributed by atoms with Crippen molar-refractivity contribution in [1.29, 1.82) is 0 Å². The lowest BCUT2D eigenvalue weighted by molar-refractivity contribution is -0.122. The normalized spacial score (nSPS) is 11.5. The highest BCUT2D eigenvalue weighted by molar-refractivity contribution is 6.30. The molecular weight excluding hydrogens is 342 g/mol. The molecule has 1 N–H and O–H groups in total. The minimum Gasteiger partial charge on any atom is -0.497 e. The fourth-order valence-corrected chi connectivity index (χ4v) is 2.57. The van der Waals surface area contributed by atoms with Crippen molar-refractivity contribution in [3.8, 4) is 17.2 Å². The third kappa shape index (κ3) is 5.57. The van der Waals surface area contributed by atoms with Gasteiger partial charge < -0.3 is 19.5 Å². The molecule has 0 saturated carbocycles. The van der Waals surface area contributed by atoms with E-state index in [1.54, 1.807) is 38.5 Å². The molecule has 1 unspecified atom stereocenters. The zero-order valence-corrected chi connectivity index (χ0v) is 15.3. The zero-order valence-electron chi connectivity index (χ0n) is 14.5. The lowest BCUT2D eigenvalue weighted by Gasteiger charge is -2.18. The second kappa shape index (κ2) is 9.18. The Bertz CT molecular complexity index is 720. The van der Waals surface area contributed by atoms with Crippen LogP contribution < -0.4 is 19.5 Å². The summed E-state index contributed by atoms with van der Waals surface area (Å²) < 4.78 is 16.1. The van der Waals surface area contributed by atoms with E-state index >= 15 is 0 Å². The number of amides is 1. The average molecular weight is 364 g/mol. The van der Waals surface area contributed by atoms with Crippen molar-refractivity contribution in [2.75, 3.05) is 20.8 Å². The molecule has 2 rings (SSSR count). The average Bonchev–Trinajstić information content (AvgIpc) is 2.61. The highest BCUT2D eigenvalue weighted by atomic mass is 35.5. The van der Waals surface area contributed by atoms with Gasteiger partial charge in [-0.15, -0.1) is 0 Å². The molecular formula is C19H22ClNO4. The van der Waals surface area contributed by atoms with Crippen molar-refractivity contribution in [2.24, 2.45) is 0 Å². The van der Waals surface area contributed by atoms with Crippen molar-refractivity contribution >= 4 is 17.5 Å². The van der Waals surface area contributed by atoms with E-state index in [0.717, 1.165) is 5.56 Å². The Labute approximate surface area is 152 Å². The number of carbonyl (C=O) groups is 1. The molecule has 0 fully saturated rings. The number of carbonyl (C=O) groups excluding carboxylic acids is 1. The highest BCUT2D eigenvalue weighted by Crippen LogP contribution is 2.29. The largest absolute Gasteiger partial charge is 0.497 e. The fourth-order valence-electron chi connectivity index (χ4n) is 2.39. The standard InChI is InChI=1S/C19H22ClNO4/c1-13(17-12-15(23-2)7-8-18(17)24-3)21-19(22)9-10-25-16-6-4-5-14(20)11-16/h4-8,11-13H,9-10H2,1-3H3,(H,21,22). The lowest BCUT2D eigenvalue weighted by atomic mass is 10.1. The molecule has 0 aliphatic carbocycles. The Morgan fingerprint density at radius 2 is 1.92 bits per heavy atom. The molecule has 0 bridgehead atoms. The van der Waals surface area contributed by atoms with Crippen LogP contribution >= 0.6 is 11.6 Å². The smallest absolute Gasteiger partial charge is 0.223 e. The van der Waals surface area contributed by atoms with Crippen LogP contribution in [0.25, 0.3) is 0 Å². The molecule has 5 nitrogen and oxygen atoms in total. The van der Waals surface area contributed by atoms with E-state index in [4.69, 9.17) is 25.8 Å². The summed E-state index contributed by atoms with van der Waals surface area (Å²) in [6.45, 7) is 2.17. The first-order valence-corrected chi connectivity index (χ1v) is 8.31. The molecule has 1 amide bonds. The van der Waals surface area contributed by atoms with Crippen LogP contribution in [0.4, 0.5) is 0 Å². The van der Waals surface area contributed by atoms with E-state index in [2.05, 4.69) is 5.32 Å². The van der Waals surface area contributed by atoms with Gasteiger partial charge in [0.15, 0.2) is 0 Å². The van der Waals surface area contributed by atoms with E-state index in [0.29, 0.717) is 22.3 Å². The van der Waals surface area contributed by atoms with Crippen LogP contribution in [-0.2, 0) is 4.79 Å². The maximum absolute atomic E-state index is 12.1. The number of halogens is 1. The Balaban J connectivity index is 1.89. The minimum absolute atomic E-state index is 0.112. The molecule has 1 atom stereocenters. The summed E-state index contributed by atoms with van der Waals surface area (Å²) in [7, 11) is 3.20. The summed E-state index contributed by atoms with van der Waals surface area (Å²) >= 11 is 5.89. The molecule has 134 valence electrons. The monoisotopic (exact) mass is 363 g/mol. The van der Waals surface area contributed by atoms with Gasteiger partial charge >= 0.3 is 0 Å². The van der Waals surface area contributed by atoms with Gasteiger partial charge in [-0.25, -0.2) is 0 Å². The number of benzene rings is 2. The quantitative estimate of drug-likeness (QED) is 0.770. The second-order valence-electron chi connectivity index (χ2n) is 5.45. The van der Waals surface area contributed by atoms with Crippen molar-refractivity contribution in [2.45, 2.75) is 19.4 Å². The summed E-state index contributed by atoms with van der Waals surface area (Å²) in [5.41, 5.74) is 0.853. The van der Waals surface area contributed by atoms with Gasteiger partial charge in [0.2, 0.25) is 5.91 Å². The first-order chi connectivity index (χ1) is 12.0. The molecule has 2 aromatic rings. The van der Waals surface area contributed by atoms with Crippen LogP contribution in [0.1, 0.15) is 24.9 Å². The SMILES string of the molecule is COc1ccc(OC)c(C(C)NC(=O)CCOc2cccc(Cl)c2)c1. The summed E-state index contributed by atoms with van der Waals surface area (Å²) in [6, 6.07) is 12.3. The number of hydrogen-bond donors (Lipinski definition) is 1. The minimum atomic E-state index is -0.219. The van der Waals surface area contributed by atoms with Crippen molar-refractivity contribution < 1.29 is 19.0 Å². The van der Waals surface area contributed by atoms with Gasteiger partial charge in [-0.1, -0.05) is 17.7 Å². The first-order valence-electron chi connectivity index (χ1n) is 7.93. The van der Waals surface area contributed by atoms with E-state index < -0.39 is 0 Å². The molecule has 0 aliphatic heterocycles. The summed E-state index contributed by atoms with van der Waals surface area (Å²) in [5.74, 6) is 1.94. The maximum Gasteiger partial charge on any atom is 0.223 e. The van der Waals surface area contributed by atoms with Crippen LogP contribution in [0, 0.1) is 0 Å². The number of methoxy groups -OCH3 is 2. The van der Waals surface area contributed by atoms with Crippen LogP contribution in [0.3, 0.4) is 0 Å². The number of nitrogens with one attached hydrogen (secondary N) is 1. The predicted octanol–water partition coefficient (Wildman–Crippen LogP) is 4.00. The molecule has 0 aromatic heterocycles. The molecule has 6 heteroatoms. The van der Waals surface area contributed by atoms with Crippen LogP contribution in [0.15, 0.2) is 42.5 Å². The summed E-state index contributed by atoms with van der Waals surface area (Å²) in [5, 5.41) is 3.54. The molecule has 25 heavy (non-hydrogen) atoms. The second-order valence-corrected chi connectivity index (χ2v) is 5.89. The van der Waals surface area contributed by atoms with E-state index in [-0.39, 0.29) is 25.0 Å². The van der Waals surface area contributed by atoms with Crippen LogP contribution in [0.5, 0.6) is 17.2 Å². The molecule has 0 aliphatic rings. The molecule has 0 radical (unpaired) electrons. The van der Waals surface area contributed by atoms with Gasteiger partial charge in [0.05, 0.1) is 33.3 Å². The van der Waals surface area contributed by atoms with E-state index in [1.807, 2.05) is 25.1 Å². The Morgan fingerprint density at radius 3 is 2.60 bits per heavy atom. The van der Waals surface area contributed by atoms with Crippen molar-refractivity contribution in [1.82, 2.24) is 5.32 Å². The third-order valence-corrected chi connectivity index (χ3v) is 3.91. The number of hydrogen-bond acceptors (Lipinski definition) is 4. The van der Waals surface area contributed by atoms with E-state index in [1.165, 1.54) is 0 Å². The molecule has 0 spiro atoms. The van der Waals surface area contributed by atoms with E-state index in [9.17, 15) is 4.79 Å². The Morgan fingerprint density at radius 1 is 1.12 bits per heavy atom. The van der Waals surface area contributed by atoms with Gasteiger partial charge in [-0.2, -0.15) is 0 Å². The molecule has 2 aromatic carbocycles. The van der Waals surface area contributed by atoms with Crippen LogP contribution in [-0.4, -0.2) is 26.7 Å². The summed E-state index contributed by atoms with van der Waals surface area (Å²) in [6.07, 6.45) is 0.239. The lowest BCUT2D eigenvalue weighted by Crippen LogP contribution is -2.28. The fraction of sp³-hybridized carbons (Fsp3) is 0.316. The highest BCUT2D eigenvalue weighted by Gasteiger charge is 2.15. The van der Waals surface area contributed by atoms with Gasteiger partial charge in [-0.05, 0) is 43.3 Å². The van der Waals surface area contributed by atoms with Gasteiger partial charge in [0, 0.05) is 10.6 Å². The summed E-state index contributed by atoms with van der Waals surface area (Å²) in [4.78, 5) is 12.1. The van der Waals surface area contributed by atoms with Crippen LogP contribution in [0.2, 0.25) is 5.02 Å². The molecule has 0 heterocycles.